The maximum absolute atomic E-state index is 4.43. The van der Waals surface area contributed by atoms with E-state index in [9.17, 15) is 0 Å². The van der Waals surface area contributed by atoms with E-state index in [-0.39, 0.29) is 0 Å². The molecule has 0 aromatic carbocycles. The van der Waals surface area contributed by atoms with Crippen LogP contribution in [0, 0.1) is 18.1 Å². The van der Waals surface area contributed by atoms with Crippen LogP contribution in [0.15, 0.2) is 12.1 Å². The molecule has 0 radical (unpaired) electrons. The maximum Gasteiger partial charge on any atom is 0.179 e. The molecule has 0 bridgehead atoms. The van der Waals surface area contributed by atoms with Crippen LogP contribution in [0.1, 0.15) is 18.4 Å². The van der Waals surface area contributed by atoms with E-state index in [2.05, 4.69) is 53.8 Å². The molecule has 16 heavy (non-hydrogen) atoms. The Labute approximate surface area is 111 Å². The van der Waals surface area contributed by atoms with E-state index < -0.39 is 0 Å². The van der Waals surface area contributed by atoms with Gasteiger partial charge in [-0.1, -0.05) is 0 Å². The number of aryl methyl sites for hydroxylation is 2. The minimum Gasteiger partial charge on any atom is -0.327 e. The van der Waals surface area contributed by atoms with E-state index in [0.717, 1.165) is 29.2 Å². The summed E-state index contributed by atoms with van der Waals surface area (Å²) in [4.78, 5) is 8.85. The molecule has 2 aromatic rings. The van der Waals surface area contributed by atoms with Gasteiger partial charge in [-0.05, 0) is 46.1 Å². The Bertz CT molecular complexity index is 580. The van der Waals surface area contributed by atoms with Gasteiger partial charge in [0, 0.05) is 27.8 Å². The lowest BCUT2D eigenvalue weighted by atomic mass is 10.3. The van der Waals surface area contributed by atoms with Crippen LogP contribution < -0.4 is 0 Å². The summed E-state index contributed by atoms with van der Waals surface area (Å²) in [6, 6.07) is 3.98. The van der Waals surface area contributed by atoms with Gasteiger partial charge in [-0.25, -0.2) is 9.97 Å². The number of imidazole rings is 1. The molecule has 0 amide bonds. The predicted molar refractivity (Wildman–Crippen MR) is 76.4 cm³/mol. The van der Waals surface area contributed by atoms with Gasteiger partial charge in [0.2, 0.25) is 0 Å². The number of pyridine rings is 1. The molecule has 0 saturated carbocycles. The SMILES string of the molecule is CCn1c(C)nc2nc(C#CSI)ccc21. The molecule has 0 unspecified atom stereocenters. The van der Waals surface area contributed by atoms with Crippen LogP contribution in [0.25, 0.3) is 11.2 Å². The summed E-state index contributed by atoms with van der Waals surface area (Å²) in [5, 5.41) is 2.92. The zero-order chi connectivity index (χ0) is 11.5. The van der Waals surface area contributed by atoms with Crippen molar-refractivity contribution >= 4 is 41.3 Å². The second-order valence-electron chi connectivity index (χ2n) is 3.25. The van der Waals surface area contributed by atoms with Gasteiger partial charge in [-0.15, -0.1) is 0 Å². The first-order valence-corrected chi connectivity index (χ1v) is 8.24. The fourth-order valence-corrected chi connectivity index (χ4v) is 2.14. The van der Waals surface area contributed by atoms with E-state index in [4.69, 9.17) is 0 Å². The third-order valence-electron chi connectivity index (χ3n) is 2.34. The molecule has 2 heterocycles. The number of nitrogens with zero attached hydrogens (tertiary/aromatic N) is 3. The van der Waals surface area contributed by atoms with Crippen LogP contribution in [0.5, 0.6) is 0 Å². The predicted octanol–water partition coefficient (Wildman–Crippen LogP) is 3.15. The van der Waals surface area contributed by atoms with Crippen molar-refractivity contribution < 1.29 is 0 Å². The van der Waals surface area contributed by atoms with Crippen LogP contribution in [0.4, 0.5) is 0 Å². The summed E-state index contributed by atoms with van der Waals surface area (Å²) >= 11 is 2.14. The van der Waals surface area contributed by atoms with Gasteiger partial charge < -0.3 is 4.57 Å². The third kappa shape index (κ3) is 2.18. The molecule has 3 nitrogen and oxygen atoms in total. The fraction of sp³-hybridized carbons (Fsp3) is 0.273. The van der Waals surface area contributed by atoms with E-state index in [1.807, 2.05) is 19.1 Å². The van der Waals surface area contributed by atoms with Crippen molar-refractivity contribution in [1.29, 1.82) is 0 Å². The highest BCUT2D eigenvalue weighted by atomic mass is 127. The topological polar surface area (TPSA) is 30.7 Å². The van der Waals surface area contributed by atoms with Crippen LogP contribution in [-0.4, -0.2) is 14.5 Å². The molecule has 0 N–H and O–H groups in total. The lowest BCUT2D eigenvalue weighted by molar-refractivity contribution is 0.753. The molecule has 0 aliphatic heterocycles. The summed E-state index contributed by atoms with van der Waals surface area (Å²) < 4.78 is 2.15. The van der Waals surface area contributed by atoms with Gasteiger partial charge >= 0.3 is 0 Å². The molecule has 2 rings (SSSR count). The molecular formula is C11H10IN3S. The Kier molecular flexibility index (Phi) is 3.71. The highest BCUT2D eigenvalue weighted by molar-refractivity contribution is 14.2. The Hall–Kier alpha value is -0.740. The summed E-state index contributed by atoms with van der Waals surface area (Å²) in [6.45, 7) is 5.02. The van der Waals surface area contributed by atoms with Crippen molar-refractivity contribution in [3.05, 3.63) is 23.7 Å². The average Bonchev–Trinajstić information content (AvgIpc) is 2.60. The van der Waals surface area contributed by atoms with Gasteiger partial charge in [0.05, 0.1) is 5.52 Å². The minimum absolute atomic E-state index is 0.775. The zero-order valence-electron chi connectivity index (χ0n) is 8.99. The van der Waals surface area contributed by atoms with Crippen molar-refractivity contribution in [3.63, 3.8) is 0 Å². The van der Waals surface area contributed by atoms with Gasteiger partial charge in [-0.3, -0.25) is 0 Å². The summed E-state index contributed by atoms with van der Waals surface area (Å²) in [7, 11) is 1.46. The minimum atomic E-state index is 0.775. The normalized spacial score (nSPS) is 10.2. The number of aromatic nitrogens is 3. The van der Waals surface area contributed by atoms with E-state index in [1.165, 1.54) is 8.93 Å². The zero-order valence-corrected chi connectivity index (χ0v) is 12.0. The Balaban J connectivity index is 2.55. The van der Waals surface area contributed by atoms with Gasteiger partial charge in [0.15, 0.2) is 5.65 Å². The first-order chi connectivity index (χ1) is 7.76. The number of hydrogen-bond acceptors (Lipinski definition) is 3. The first kappa shape index (κ1) is 11.7. The number of fused-ring (bicyclic) bond motifs is 1. The van der Waals surface area contributed by atoms with Gasteiger partial charge in [0.1, 0.15) is 11.5 Å². The highest BCUT2D eigenvalue weighted by Crippen LogP contribution is 2.14. The van der Waals surface area contributed by atoms with Gasteiger partial charge in [-0.2, -0.15) is 0 Å². The molecule has 0 aliphatic rings. The Morgan fingerprint density at radius 3 is 2.94 bits per heavy atom. The molecule has 5 heteroatoms. The highest BCUT2D eigenvalue weighted by Gasteiger charge is 2.06. The molecule has 2 aromatic heterocycles. The average molecular weight is 343 g/mol. The molecule has 0 aliphatic carbocycles. The summed E-state index contributed by atoms with van der Waals surface area (Å²) in [6.07, 6.45) is 0. The largest absolute Gasteiger partial charge is 0.327 e. The van der Waals surface area contributed by atoms with Crippen LogP contribution in [0.3, 0.4) is 0 Å². The van der Waals surface area contributed by atoms with Crippen molar-refractivity contribution in [3.8, 4) is 11.2 Å². The number of hydrogen-bond donors (Lipinski definition) is 0. The summed E-state index contributed by atoms with van der Waals surface area (Å²) in [5.74, 6) is 3.98. The first-order valence-electron chi connectivity index (χ1n) is 4.88. The second-order valence-corrected chi connectivity index (χ2v) is 4.93. The summed E-state index contributed by atoms with van der Waals surface area (Å²) in [5.41, 5.74) is 2.63. The molecule has 0 atom stereocenters. The van der Waals surface area contributed by atoms with Crippen molar-refractivity contribution in [2.75, 3.05) is 0 Å². The standard InChI is InChI=1S/C11H10IN3S/c1-3-15-8(2)13-11-10(15)5-4-9(14-11)6-7-16-12/h4-5H,3H2,1-2H3. The van der Waals surface area contributed by atoms with Crippen molar-refractivity contribution in [2.24, 2.45) is 0 Å². The molecule has 0 fully saturated rings. The van der Waals surface area contributed by atoms with Crippen molar-refractivity contribution in [1.82, 2.24) is 14.5 Å². The van der Waals surface area contributed by atoms with Gasteiger partial charge in [0.25, 0.3) is 0 Å². The Morgan fingerprint density at radius 1 is 1.44 bits per heavy atom. The van der Waals surface area contributed by atoms with Crippen LogP contribution in [0.2, 0.25) is 0 Å². The smallest absolute Gasteiger partial charge is 0.179 e. The van der Waals surface area contributed by atoms with Crippen LogP contribution in [-0.2, 0) is 6.54 Å². The van der Waals surface area contributed by atoms with E-state index >= 15 is 0 Å². The molecule has 82 valence electrons. The lowest BCUT2D eigenvalue weighted by Crippen LogP contribution is -1.96. The van der Waals surface area contributed by atoms with E-state index in [0.29, 0.717) is 0 Å². The lowest BCUT2D eigenvalue weighted by Gasteiger charge is -2.00. The quantitative estimate of drug-likeness (QED) is 0.589. The number of halogens is 1. The fourth-order valence-electron chi connectivity index (χ4n) is 1.66. The van der Waals surface area contributed by atoms with E-state index in [1.54, 1.807) is 0 Å². The maximum atomic E-state index is 4.43. The second kappa shape index (κ2) is 5.06. The molecular weight excluding hydrogens is 333 g/mol. The van der Waals surface area contributed by atoms with Crippen LogP contribution >= 0.6 is 30.1 Å². The Morgan fingerprint density at radius 2 is 2.25 bits per heavy atom. The molecule has 0 spiro atoms. The monoisotopic (exact) mass is 343 g/mol. The van der Waals surface area contributed by atoms with Crippen molar-refractivity contribution in [2.45, 2.75) is 20.4 Å². The number of rotatable bonds is 1. The molecule has 0 saturated heterocycles. The third-order valence-corrected chi connectivity index (χ3v) is 3.18.